The fraction of sp³-hybridized carbons (Fsp3) is 1.00. The highest BCUT2D eigenvalue weighted by molar-refractivity contribution is 6.41. The Morgan fingerprint density at radius 2 is 1.78 bits per heavy atom. The molecular formula is C4H15NO3Si. The fourth-order valence-corrected chi connectivity index (χ4v) is 1.12. The maximum atomic E-state index is 8.47. The van der Waals surface area contributed by atoms with Gasteiger partial charge in [-0.25, -0.2) is 0 Å². The first kappa shape index (κ1) is 11.8. The van der Waals surface area contributed by atoms with Crippen LogP contribution in [-0.2, 0) is 0 Å². The van der Waals surface area contributed by atoms with E-state index in [0.29, 0.717) is 6.04 Å². The Morgan fingerprint density at radius 1 is 1.33 bits per heavy atom. The van der Waals surface area contributed by atoms with Crippen LogP contribution in [0, 0.1) is 0 Å². The van der Waals surface area contributed by atoms with Crippen LogP contribution in [0.3, 0.4) is 0 Å². The van der Waals surface area contributed by atoms with E-state index >= 15 is 0 Å². The second kappa shape index (κ2) is 6.18. The summed E-state index contributed by atoms with van der Waals surface area (Å²) in [5.74, 6) is 0. The molecule has 0 atom stereocenters. The van der Waals surface area contributed by atoms with Gasteiger partial charge >= 0.3 is 9.28 Å². The molecule has 0 radical (unpaired) electrons. The molecule has 58 valence electrons. The summed E-state index contributed by atoms with van der Waals surface area (Å²) in [5, 5.41) is 0. The first-order chi connectivity index (χ1) is 3.63. The lowest BCUT2D eigenvalue weighted by molar-refractivity contribution is 0.373. The molecule has 0 aromatic heterocycles. The molecule has 4 nitrogen and oxygen atoms in total. The lowest BCUT2D eigenvalue weighted by Crippen LogP contribution is -2.20. The van der Waals surface area contributed by atoms with Gasteiger partial charge < -0.3 is 20.0 Å². The Morgan fingerprint density at radius 3 is 1.89 bits per heavy atom. The minimum absolute atomic E-state index is 0. The number of rotatable bonds is 3. The third kappa shape index (κ3) is 11.6. The highest BCUT2D eigenvalue weighted by atomic mass is 28.3. The molecule has 0 aliphatic carbocycles. The van der Waals surface area contributed by atoms with Crippen molar-refractivity contribution >= 4 is 9.28 Å². The topological polar surface area (TPSA) is 75.2 Å². The Balaban J connectivity index is 0. The maximum Gasteiger partial charge on any atom is 0.317 e. The zero-order valence-corrected chi connectivity index (χ0v) is 6.99. The van der Waals surface area contributed by atoms with Crippen LogP contribution in [0.25, 0.3) is 0 Å². The van der Waals surface area contributed by atoms with Gasteiger partial charge in [-0.3, -0.25) is 0 Å². The lowest BCUT2D eigenvalue weighted by atomic mass is 10.7. The Kier molecular flexibility index (Phi) is 8.11. The first-order valence-electron chi connectivity index (χ1n) is 2.64. The van der Waals surface area contributed by atoms with E-state index in [-0.39, 0.29) is 5.48 Å². The summed E-state index contributed by atoms with van der Waals surface area (Å²) >= 11 is 0. The van der Waals surface area contributed by atoms with E-state index in [0.717, 1.165) is 6.54 Å². The highest BCUT2D eigenvalue weighted by Crippen LogP contribution is 1.84. The maximum absolute atomic E-state index is 8.47. The van der Waals surface area contributed by atoms with E-state index in [9.17, 15) is 0 Å². The molecule has 0 aromatic carbocycles. The van der Waals surface area contributed by atoms with E-state index in [1.54, 1.807) is 0 Å². The molecule has 9 heavy (non-hydrogen) atoms. The summed E-state index contributed by atoms with van der Waals surface area (Å²) in [6.07, 6.45) is 0. The standard InChI is InChI=1S/C4H13NO2Si.H2O/c1-5(2)3-4-8(6)7;/h6-8H,3-4H2,1-2H3;1H2. The second-order valence-electron chi connectivity index (χ2n) is 2.07. The molecule has 0 fully saturated rings. The van der Waals surface area contributed by atoms with E-state index < -0.39 is 9.28 Å². The molecule has 4 N–H and O–H groups in total. The molecular weight excluding hydrogens is 138 g/mol. The van der Waals surface area contributed by atoms with Crippen molar-refractivity contribution in [2.75, 3.05) is 20.6 Å². The molecule has 5 heteroatoms. The Hall–Kier alpha value is 0.0569. The number of nitrogens with zero attached hydrogens (tertiary/aromatic N) is 1. The van der Waals surface area contributed by atoms with Crippen LogP contribution in [0.1, 0.15) is 0 Å². The Labute approximate surface area is 56.9 Å². The van der Waals surface area contributed by atoms with Crippen LogP contribution < -0.4 is 0 Å². The van der Waals surface area contributed by atoms with Crippen molar-refractivity contribution in [3.05, 3.63) is 0 Å². The van der Waals surface area contributed by atoms with E-state index in [1.807, 2.05) is 19.0 Å². The SMILES string of the molecule is CN(C)CC[SiH](O)O.O. The molecule has 0 unspecified atom stereocenters. The van der Waals surface area contributed by atoms with Gasteiger partial charge in [0, 0.05) is 6.04 Å². The van der Waals surface area contributed by atoms with Gasteiger partial charge in [-0.2, -0.15) is 0 Å². The van der Waals surface area contributed by atoms with Crippen LogP contribution in [0.5, 0.6) is 0 Å². The van der Waals surface area contributed by atoms with Gasteiger partial charge in [-0.15, -0.1) is 0 Å². The zero-order chi connectivity index (χ0) is 6.57. The predicted octanol–water partition coefficient (Wildman–Crippen LogP) is -2.07. The molecule has 0 amide bonds. The van der Waals surface area contributed by atoms with Crippen LogP contribution in [0.15, 0.2) is 0 Å². The quantitative estimate of drug-likeness (QED) is 0.457. The summed E-state index contributed by atoms with van der Waals surface area (Å²) in [6, 6.07) is 0.562. The van der Waals surface area contributed by atoms with Crippen LogP contribution in [0.4, 0.5) is 0 Å². The molecule has 0 heterocycles. The van der Waals surface area contributed by atoms with Crippen LogP contribution in [0.2, 0.25) is 6.04 Å². The molecule has 0 rings (SSSR count). The Bertz CT molecular complexity index is 51.8. The van der Waals surface area contributed by atoms with Crippen LogP contribution in [-0.4, -0.2) is 49.9 Å². The molecule has 0 aliphatic rings. The van der Waals surface area contributed by atoms with E-state index in [1.165, 1.54) is 0 Å². The lowest BCUT2D eigenvalue weighted by Gasteiger charge is -2.07. The molecule has 0 aliphatic heterocycles. The zero-order valence-electron chi connectivity index (χ0n) is 5.83. The van der Waals surface area contributed by atoms with Crippen molar-refractivity contribution in [1.82, 2.24) is 4.90 Å². The molecule has 0 aromatic rings. The van der Waals surface area contributed by atoms with Crippen molar-refractivity contribution in [2.45, 2.75) is 6.04 Å². The highest BCUT2D eigenvalue weighted by Gasteiger charge is 2.00. The average molecular weight is 153 g/mol. The summed E-state index contributed by atoms with van der Waals surface area (Å²) < 4.78 is 0. The molecule has 0 saturated heterocycles. The van der Waals surface area contributed by atoms with Crippen LogP contribution >= 0.6 is 0 Å². The molecule has 0 bridgehead atoms. The molecule has 0 spiro atoms. The second-order valence-corrected chi connectivity index (χ2v) is 3.61. The van der Waals surface area contributed by atoms with Crippen molar-refractivity contribution in [3.8, 4) is 0 Å². The average Bonchev–Trinajstić information content (AvgIpc) is 1.61. The third-order valence-electron chi connectivity index (χ3n) is 0.835. The van der Waals surface area contributed by atoms with Gasteiger partial charge in [0.25, 0.3) is 0 Å². The minimum atomic E-state index is -2.27. The van der Waals surface area contributed by atoms with Gasteiger partial charge in [-0.1, -0.05) is 0 Å². The smallest absolute Gasteiger partial charge is 0.317 e. The largest absolute Gasteiger partial charge is 0.413 e. The predicted molar refractivity (Wildman–Crippen MR) is 38.6 cm³/mol. The fourth-order valence-electron chi connectivity index (χ4n) is 0.374. The summed E-state index contributed by atoms with van der Waals surface area (Å²) in [5.41, 5.74) is 0. The van der Waals surface area contributed by atoms with E-state index in [4.69, 9.17) is 9.59 Å². The van der Waals surface area contributed by atoms with Crippen molar-refractivity contribution in [2.24, 2.45) is 0 Å². The van der Waals surface area contributed by atoms with E-state index in [2.05, 4.69) is 0 Å². The third-order valence-corrected chi connectivity index (χ3v) is 1.61. The molecule has 0 saturated carbocycles. The number of hydrogen-bond donors (Lipinski definition) is 2. The van der Waals surface area contributed by atoms with Gasteiger partial charge in [-0.05, 0) is 20.6 Å². The number of hydrogen-bond acceptors (Lipinski definition) is 3. The summed E-state index contributed by atoms with van der Waals surface area (Å²) in [4.78, 5) is 18.9. The summed E-state index contributed by atoms with van der Waals surface area (Å²) in [6.45, 7) is 0.782. The summed E-state index contributed by atoms with van der Waals surface area (Å²) in [7, 11) is 1.56. The van der Waals surface area contributed by atoms with Gasteiger partial charge in [0.1, 0.15) is 0 Å². The van der Waals surface area contributed by atoms with Crippen molar-refractivity contribution in [1.29, 1.82) is 0 Å². The van der Waals surface area contributed by atoms with Gasteiger partial charge in [0.05, 0.1) is 0 Å². The monoisotopic (exact) mass is 153 g/mol. The first-order valence-corrected chi connectivity index (χ1v) is 4.48. The normalized spacial score (nSPS) is 10.0. The van der Waals surface area contributed by atoms with Crippen molar-refractivity contribution < 1.29 is 15.1 Å². The van der Waals surface area contributed by atoms with Gasteiger partial charge in [0.15, 0.2) is 0 Å². The minimum Gasteiger partial charge on any atom is -0.413 e. The van der Waals surface area contributed by atoms with Crippen molar-refractivity contribution in [3.63, 3.8) is 0 Å². The van der Waals surface area contributed by atoms with Gasteiger partial charge in [0.2, 0.25) is 0 Å².